The lowest BCUT2D eigenvalue weighted by Crippen LogP contribution is -2.63. The number of fused-ring (bicyclic) bond motifs is 4. The van der Waals surface area contributed by atoms with Crippen LogP contribution in [0, 0.1) is 0 Å². The van der Waals surface area contributed by atoms with Gasteiger partial charge in [0, 0.05) is 29.6 Å². The minimum Gasteiger partial charge on any atom is -0.465 e. The summed E-state index contributed by atoms with van der Waals surface area (Å²) in [6.07, 6.45) is 4.73. The van der Waals surface area contributed by atoms with Gasteiger partial charge >= 0.3 is 5.97 Å². The Bertz CT molecular complexity index is 1260. The first-order chi connectivity index (χ1) is 17.0. The summed E-state index contributed by atoms with van der Waals surface area (Å²) in [5.41, 5.74) is 4.31. The number of unbranched alkanes of at least 4 members (excludes halogenated alkanes) is 3. The zero-order valence-corrected chi connectivity index (χ0v) is 20.3. The summed E-state index contributed by atoms with van der Waals surface area (Å²) >= 11 is 0. The number of carbonyl (C=O) groups is 3. The fourth-order valence-electron chi connectivity index (χ4n) is 5.51. The van der Waals surface area contributed by atoms with Crippen molar-refractivity contribution in [1.29, 1.82) is 0 Å². The molecule has 5 rings (SSSR count). The second kappa shape index (κ2) is 9.56. The molecule has 0 unspecified atom stereocenters. The Balaban J connectivity index is 1.55. The number of esters is 1. The third-order valence-electron chi connectivity index (χ3n) is 7.27. The van der Waals surface area contributed by atoms with E-state index in [-0.39, 0.29) is 18.4 Å². The van der Waals surface area contributed by atoms with E-state index in [0.29, 0.717) is 18.5 Å². The maximum absolute atomic E-state index is 13.7. The fraction of sp³-hybridized carbons (Fsp3) is 0.393. The van der Waals surface area contributed by atoms with Gasteiger partial charge in [0.2, 0.25) is 11.8 Å². The van der Waals surface area contributed by atoms with Gasteiger partial charge in [-0.05, 0) is 35.7 Å². The van der Waals surface area contributed by atoms with Gasteiger partial charge in [0.05, 0.1) is 25.3 Å². The lowest BCUT2D eigenvalue weighted by atomic mass is 9.86. The van der Waals surface area contributed by atoms with Gasteiger partial charge in [-0.1, -0.05) is 56.5 Å². The summed E-state index contributed by atoms with van der Waals surface area (Å²) in [6, 6.07) is 14.2. The lowest BCUT2D eigenvalue weighted by molar-refractivity contribution is -0.158. The average molecular weight is 474 g/mol. The molecule has 2 aromatic carbocycles. The molecule has 2 aliphatic rings. The Kier molecular flexibility index (Phi) is 6.32. The SMILES string of the molecule is CCCCCCN1CC(=O)N2[C@@H](c3ccc(C(=O)OC)cc3)c3[nH]c4ccccc4c3C[C@H]2C1=O. The van der Waals surface area contributed by atoms with Crippen LogP contribution in [0.4, 0.5) is 0 Å². The molecule has 1 N–H and O–H groups in total. The molecule has 1 fully saturated rings. The Morgan fingerprint density at radius 1 is 1.06 bits per heavy atom. The normalized spacial score (nSPS) is 19.6. The highest BCUT2D eigenvalue weighted by molar-refractivity contribution is 5.97. The summed E-state index contributed by atoms with van der Waals surface area (Å²) in [6.45, 7) is 2.88. The van der Waals surface area contributed by atoms with Crippen LogP contribution in [0.25, 0.3) is 10.9 Å². The zero-order chi connectivity index (χ0) is 24.5. The average Bonchev–Trinajstić information content (AvgIpc) is 3.26. The molecule has 0 radical (unpaired) electrons. The molecule has 35 heavy (non-hydrogen) atoms. The summed E-state index contributed by atoms with van der Waals surface area (Å²) in [4.78, 5) is 46.2. The lowest BCUT2D eigenvalue weighted by Gasteiger charge is -2.47. The van der Waals surface area contributed by atoms with E-state index in [4.69, 9.17) is 4.74 Å². The molecule has 3 aromatic rings. The molecule has 0 saturated carbocycles. The monoisotopic (exact) mass is 473 g/mol. The number of methoxy groups -OCH3 is 1. The molecular weight excluding hydrogens is 442 g/mol. The van der Waals surface area contributed by atoms with Gasteiger partial charge in [0.15, 0.2) is 0 Å². The van der Waals surface area contributed by atoms with Crippen molar-refractivity contribution in [2.45, 2.75) is 51.1 Å². The van der Waals surface area contributed by atoms with Crippen LogP contribution in [0.5, 0.6) is 0 Å². The number of aromatic amines is 1. The van der Waals surface area contributed by atoms with E-state index in [1.165, 1.54) is 7.11 Å². The summed E-state index contributed by atoms with van der Waals surface area (Å²) in [7, 11) is 1.35. The molecule has 7 heteroatoms. The van der Waals surface area contributed by atoms with Crippen LogP contribution in [0.15, 0.2) is 48.5 Å². The predicted octanol–water partition coefficient (Wildman–Crippen LogP) is 4.22. The van der Waals surface area contributed by atoms with Crippen molar-refractivity contribution in [3.63, 3.8) is 0 Å². The smallest absolute Gasteiger partial charge is 0.337 e. The maximum Gasteiger partial charge on any atom is 0.337 e. The van der Waals surface area contributed by atoms with Gasteiger partial charge in [-0.25, -0.2) is 4.79 Å². The van der Waals surface area contributed by atoms with Crippen LogP contribution in [0.2, 0.25) is 0 Å². The third kappa shape index (κ3) is 4.09. The first-order valence-electron chi connectivity index (χ1n) is 12.4. The molecular formula is C28H31N3O4. The van der Waals surface area contributed by atoms with E-state index in [1.54, 1.807) is 21.9 Å². The first-order valence-corrected chi connectivity index (χ1v) is 12.4. The van der Waals surface area contributed by atoms with Crippen LogP contribution in [0.1, 0.15) is 65.8 Å². The van der Waals surface area contributed by atoms with Crippen LogP contribution in [-0.4, -0.2) is 58.8 Å². The summed E-state index contributed by atoms with van der Waals surface area (Å²) in [5, 5.41) is 1.08. The van der Waals surface area contributed by atoms with Gasteiger partial charge in [0.1, 0.15) is 6.04 Å². The number of amides is 2. The van der Waals surface area contributed by atoms with E-state index in [2.05, 4.69) is 18.0 Å². The summed E-state index contributed by atoms with van der Waals surface area (Å²) in [5.74, 6) is -0.433. The highest BCUT2D eigenvalue weighted by Gasteiger charge is 2.48. The number of carbonyl (C=O) groups excluding carboxylic acids is 3. The molecule has 2 amide bonds. The van der Waals surface area contributed by atoms with E-state index in [0.717, 1.165) is 53.4 Å². The molecule has 0 aliphatic carbocycles. The van der Waals surface area contributed by atoms with Crippen molar-refractivity contribution in [1.82, 2.24) is 14.8 Å². The molecule has 0 bridgehead atoms. The number of piperazine rings is 1. The number of para-hydroxylation sites is 1. The van der Waals surface area contributed by atoms with Crippen LogP contribution in [0.3, 0.4) is 0 Å². The van der Waals surface area contributed by atoms with E-state index >= 15 is 0 Å². The van der Waals surface area contributed by atoms with E-state index < -0.39 is 18.1 Å². The van der Waals surface area contributed by atoms with Gasteiger partial charge in [-0.2, -0.15) is 0 Å². The first kappa shape index (κ1) is 23.1. The van der Waals surface area contributed by atoms with Crippen molar-refractivity contribution in [3.05, 3.63) is 70.9 Å². The number of nitrogens with one attached hydrogen (secondary N) is 1. The van der Waals surface area contributed by atoms with Crippen molar-refractivity contribution >= 4 is 28.7 Å². The number of ether oxygens (including phenoxy) is 1. The standard InChI is InChI=1S/C28H31N3O4/c1-3-4-5-8-15-30-17-24(32)31-23(27(30)33)16-21-20-9-6-7-10-22(20)29-25(21)26(31)18-11-13-19(14-12-18)28(34)35-2/h6-7,9-14,23,26,29H,3-5,8,15-17H2,1-2H3/t23-,26-/m0/s1. The number of rotatable bonds is 7. The number of hydrogen-bond acceptors (Lipinski definition) is 4. The maximum atomic E-state index is 13.7. The van der Waals surface area contributed by atoms with Gasteiger partial charge < -0.3 is 19.5 Å². The second-order valence-corrected chi connectivity index (χ2v) is 9.42. The predicted molar refractivity (Wildman–Crippen MR) is 133 cm³/mol. The van der Waals surface area contributed by atoms with Crippen LogP contribution in [-0.2, 0) is 20.7 Å². The molecule has 0 spiro atoms. The third-order valence-corrected chi connectivity index (χ3v) is 7.27. The number of benzene rings is 2. The zero-order valence-electron chi connectivity index (χ0n) is 20.3. The van der Waals surface area contributed by atoms with Crippen molar-refractivity contribution in [2.75, 3.05) is 20.2 Å². The minimum absolute atomic E-state index is 0.0215. The molecule has 3 heterocycles. The van der Waals surface area contributed by atoms with Crippen molar-refractivity contribution in [2.24, 2.45) is 0 Å². The molecule has 1 aromatic heterocycles. The number of nitrogens with zero attached hydrogens (tertiary/aromatic N) is 2. The van der Waals surface area contributed by atoms with E-state index in [9.17, 15) is 14.4 Å². The van der Waals surface area contributed by atoms with Gasteiger partial charge in [-0.15, -0.1) is 0 Å². The van der Waals surface area contributed by atoms with Gasteiger partial charge in [0.25, 0.3) is 0 Å². The largest absolute Gasteiger partial charge is 0.465 e. The van der Waals surface area contributed by atoms with E-state index in [1.807, 2.05) is 30.3 Å². The molecule has 2 aliphatic heterocycles. The number of H-pyrrole nitrogens is 1. The molecule has 1 saturated heterocycles. The second-order valence-electron chi connectivity index (χ2n) is 9.42. The topological polar surface area (TPSA) is 82.7 Å². The summed E-state index contributed by atoms with van der Waals surface area (Å²) < 4.78 is 4.83. The Morgan fingerprint density at radius 3 is 2.57 bits per heavy atom. The number of aromatic nitrogens is 1. The number of hydrogen-bond donors (Lipinski definition) is 1. The van der Waals surface area contributed by atoms with Crippen LogP contribution >= 0.6 is 0 Å². The Labute approximate surface area is 205 Å². The molecule has 2 atom stereocenters. The quantitative estimate of drug-likeness (QED) is 0.411. The van der Waals surface area contributed by atoms with Crippen molar-refractivity contribution < 1.29 is 19.1 Å². The Morgan fingerprint density at radius 2 is 1.83 bits per heavy atom. The minimum atomic E-state index is -0.542. The Hall–Kier alpha value is -3.61. The molecule has 7 nitrogen and oxygen atoms in total. The highest BCUT2D eigenvalue weighted by Crippen LogP contribution is 2.42. The fourth-order valence-corrected chi connectivity index (χ4v) is 5.51. The van der Waals surface area contributed by atoms with Gasteiger partial charge in [-0.3, -0.25) is 9.59 Å². The van der Waals surface area contributed by atoms with Crippen molar-refractivity contribution in [3.8, 4) is 0 Å². The highest BCUT2D eigenvalue weighted by atomic mass is 16.5. The van der Waals surface area contributed by atoms with Crippen LogP contribution < -0.4 is 0 Å². The molecule has 182 valence electrons.